The predicted molar refractivity (Wildman–Crippen MR) is 83.0 cm³/mol. The Morgan fingerprint density at radius 1 is 1.29 bits per heavy atom. The molecule has 0 amide bonds. The van der Waals surface area contributed by atoms with Gasteiger partial charge in [-0.3, -0.25) is 0 Å². The second-order valence-electron chi connectivity index (χ2n) is 4.00. The number of carboxylic acids is 1. The van der Waals surface area contributed by atoms with E-state index >= 15 is 0 Å². The van der Waals surface area contributed by atoms with Crippen LogP contribution in [-0.4, -0.2) is 31.0 Å². The Hall–Kier alpha value is -1.58. The molecule has 0 fully saturated rings. The average molecular weight is 383 g/mol. The van der Waals surface area contributed by atoms with Gasteiger partial charge in [-0.25, -0.2) is 24.7 Å². The van der Waals surface area contributed by atoms with E-state index in [-0.39, 0.29) is 4.88 Å². The summed E-state index contributed by atoms with van der Waals surface area (Å²) >= 11 is 5.88. The number of hydrogen-bond donors (Lipinski definition) is 1. The van der Waals surface area contributed by atoms with Crippen molar-refractivity contribution < 1.29 is 9.90 Å². The molecule has 0 spiro atoms. The molecule has 6 nitrogen and oxygen atoms in total. The highest BCUT2D eigenvalue weighted by Gasteiger charge is 2.19. The number of fused-ring (bicyclic) bond motifs is 1. The van der Waals surface area contributed by atoms with E-state index in [0.717, 1.165) is 21.2 Å². The summed E-state index contributed by atoms with van der Waals surface area (Å²) in [5.74, 6) is -0.949. The molecular formula is C12H7BrN4O2S2. The third-order valence-electron chi connectivity index (χ3n) is 2.71. The van der Waals surface area contributed by atoms with Crippen molar-refractivity contribution in [3.8, 4) is 0 Å². The summed E-state index contributed by atoms with van der Waals surface area (Å²) in [4.78, 5) is 28.7. The molecule has 106 valence electrons. The lowest BCUT2D eigenvalue weighted by atomic mass is 10.2. The Labute approximate surface area is 135 Å². The van der Waals surface area contributed by atoms with E-state index in [1.165, 1.54) is 24.4 Å². The largest absolute Gasteiger partial charge is 0.477 e. The van der Waals surface area contributed by atoms with Crippen LogP contribution in [0.25, 0.3) is 10.2 Å². The fourth-order valence-electron chi connectivity index (χ4n) is 1.79. The molecular weight excluding hydrogens is 376 g/mol. The Kier molecular flexibility index (Phi) is 3.87. The van der Waals surface area contributed by atoms with Gasteiger partial charge in [-0.15, -0.1) is 11.3 Å². The fourth-order valence-corrected chi connectivity index (χ4v) is 4.19. The van der Waals surface area contributed by atoms with Gasteiger partial charge in [-0.1, -0.05) is 0 Å². The lowest BCUT2D eigenvalue weighted by Gasteiger charge is -2.03. The minimum Gasteiger partial charge on any atom is -0.477 e. The van der Waals surface area contributed by atoms with Gasteiger partial charge in [0.25, 0.3) is 0 Å². The summed E-state index contributed by atoms with van der Waals surface area (Å²) in [5, 5.41) is 11.4. The van der Waals surface area contributed by atoms with Gasteiger partial charge in [0.15, 0.2) is 0 Å². The number of halogens is 1. The molecule has 21 heavy (non-hydrogen) atoms. The molecule has 0 bridgehead atoms. The van der Waals surface area contributed by atoms with Crippen LogP contribution in [-0.2, 0) is 0 Å². The normalized spacial score (nSPS) is 11.0. The lowest BCUT2D eigenvalue weighted by Crippen LogP contribution is -1.94. The number of carbonyl (C=O) groups is 1. The van der Waals surface area contributed by atoms with Crippen molar-refractivity contribution in [1.82, 2.24) is 19.9 Å². The van der Waals surface area contributed by atoms with Gasteiger partial charge in [0.05, 0.1) is 4.47 Å². The Bertz CT molecular complexity index is 852. The Morgan fingerprint density at radius 2 is 2.05 bits per heavy atom. The van der Waals surface area contributed by atoms with Crippen LogP contribution in [0.1, 0.15) is 15.2 Å². The van der Waals surface area contributed by atoms with E-state index in [9.17, 15) is 9.90 Å². The highest BCUT2D eigenvalue weighted by Crippen LogP contribution is 2.38. The number of aromatic nitrogens is 4. The van der Waals surface area contributed by atoms with Crippen molar-refractivity contribution in [3.05, 3.63) is 33.8 Å². The summed E-state index contributed by atoms with van der Waals surface area (Å²) in [6.45, 7) is 1.77. The molecule has 0 atom stereocenters. The number of aromatic carboxylic acids is 1. The number of carboxylic acid groups (broad SMARTS) is 1. The third-order valence-corrected chi connectivity index (χ3v) is 5.77. The summed E-state index contributed by atoms with van der Waals surface area (Å²) in [6.07, 6.45) is 4.53. The summed E-state index contributed by atoms with van der Waals surface area (Å²) in [6, 6.07) is 0. The fraction of sp³-hybridized carbons (Fsp3) is 0.0833. The van der Waals surface area contributed by atoms with Crippen LogP contribution in [0, 0.1) is 6.92 Å². The van der Waals surface area contributed by atoms with E-state index in [1.807, 2.05) is 0 Å². The molecule has 0 aliphatic carbocycles. The standard InChI is InChI=1S/C12H7BrN4O2S2/c1-5-7-10(20-8(5)12(18)19)16-4-17-11(7)21-9-6(13)2-14-3-15-9/h2-4H,1H3,(H,18,19). The van der Waals surface area contributed by atoms with Gasteiger partial charge < -0.3 is 5.11 Å². The number of nitrogens with zero attached hydrogens (tertiary/aromatic N) is 4. The van der Waals surface area contributed by atoms with Crippen molar-refractivity contribution in [2.75, 3.05) is 0 Å². The average Bonchev–Trinajstić information content (AvgIpc) is 2.80. The van der Waals surface area contributed by atoms with Gasteiger partial charge in [-0.05, 0) is 40.2 Å². The van der Waals surface area contributed by atoms with Crippen LogP contribution in [0.2, 0.25) is 0 Å². The molecule has 3 aromatic heterocycles. The molecule has 0 unspecified atom stereocenters. The van der Waals surface area contributed by atoms with Crippen molar-refractivity contribution in [2.45, 2.75) is 17.0 Å². The van der Waals surface area contributed by atoms with Crippen LogP contribution in [0.3, 0.4) is 0 Å². The molecule has 0 aliphatic heterocycles. The van der Waals surface area contributed by atoms with Crippen molar-refractivity contribution >= 4 is 55.2 Å². The maximum Gasteiger partial charge on any atom is 0.346 e. The minimum absolute atomic E-state index is 0.286. The molecule has 3 rings (SSSR count). The van der Waals surface area contributed by atoms with Crippen LogP contribution in [0.5, 0.6) is 0 Å². The van der Waals surface area contributed by atoms with Crippen LogP contribution < -0.4 is 0 Å². The molecule has 0 saturated carbocycles. The highest BCUT2D eigenvalue weighted by molar-refractivity contribution is 9.10. The van der Waals surface area contributed by atoms with Gasteiger partial charge in [-0.2, -0.15) is 0 Å². The van der Waals surface area contributed by atoms with Crippen molar-refractivity contribution in [2.24, 2.45) is 0 Å². The van der Waals surface area contributed by atoms with E-state index in [2.05, 4.69) is 35.9 Å². The third kappa shape index (κ3) is 2.63. The quantitative estimate of drug-likeness (QED) is 0.694. The summed E-state index contributed by atoms with van der Waals surface area (Å²) < 4.78 is 0.758. The first-order valence-corrected chi connectivity index (χ1v) is 8.11. The first-order chi connectivity index (χ1) is 10.1. The minimum atomic E-state index is -0.949. The highest BCUT2D eigenvalue weighted by atomic mass is 79.9. The molecule has 0 radical (unpaired) electrons. The first-order valence-electron chi connectivity index (χ1n) is 5.68. The zero-order chi connectivity index (χ0) is 15.0. The monoisotopic (exact) mass is 382 g/mol. The van der Waals surface area contributed by atoms with Crippen LogP contribution in [0.15, 0.2) is 33.4 Å². The maximum absolute atomic E-state index is 11.2. The van der Waals surface area contributed by atoms with E-state index < -0.39 is 5.97 Å². The second-order valence-corrected chi connectivity index (χ2v) is 6.83. The zero-order valence-corrected chi connectivity index (χ0v) is 13.8. The Balaban J connectivity index is 2.15. The van der Waals surface area contributed by atoms with Gasteiger partial charge in [0.1, 0.15) is 32.4 Å². The van der Waals surface area contributed by atoms with E-state index in [4.69, 9.17) is 0 Å². The smallest absolute Gasteiger partial charge is 0.346 e. The SMILES string of the molecule is Cc1c(C(=O)O)sc2ncnc(Sc3ncncc3Br)c12. The van der Waals surface area contributed by atoms with Crippen LogP contribution >= 0.6 is 39.0 Å². The molecule has 0 aliphatic rings. The number of hydrogen-bond acceptors (Lipinski definition) is 7. The van der Waals surface area contributed by atoms with Crippen molar-refractivity contribution in [3.63, 3.8) is 0 Å². The topological polar surface area (TPSA) is 88.9 Å². The van der Waals surface area contributed by atoms with Gasteiger partial charge in [0, 0.05) is 11.6 Å². The summed E-state index contributed by atoms with van der Waals surface area (Å²) in [7, 11) is 0. The van der Waals surface area contributed by atoms with E-state index in [1.54, 1.807) is 13.1 Å². The molecule has 3 aromatic rings. The van der Waals surface area contributed by atoms with Gasteiger partial charge in [0.2, 0.25) is 0 Å². The second kappa shape index (κ2) is 5.66. The molecule has 1 N–H and O–H groups in total. The maximum atomic E-state index is 11.2. The number of rotatable bonds is 3. The molecule has 3 heterocycles. The first kappa shape index (κ1) is 14.4. The molecule has 0 aromatic carbocycles. The zero-order valence-electron chi connectivity index (χ0n) is 10.6. The molecule has 0 saturated heterocycles. The Morgan fingerprint density at radius 3 is 2.76 bits per heavy atom. The number of thiophene rings is 1. The van der Waals surface area contributed by atoms with Crippen molar-refractivity contribution in [1.29, 1.82) is 0 Å². The number of aryl methyl sites for hydroxylation is 1. The lowest BCUT2D eigenvalue weighted by molar-refractivity contribution is 0.0701. The van der Waals surface area contributed by atoms with Gasteiger partial charge >= 0.3 is 5.97 Å². The van der Waals surface area contributed by atoms with E-state index in [0.29, 0.717) is 20.4 Å². The summed E-state index contributed by atoms with van der Waals surface area (Å²) in [5.41, 5.74) is 0.677. The molecule has 9 heteroatoms. The van der Waals surface area contributed by atoms with Crippen LogP contribution in [0.4, 0.5) is 0 Å². The predicted octanol–water partition coefficient (Wildman–Crippen LogP) is 3.40.